The minimum absolute atomic E-state index is 0.292. The number of halogens is 1. The number of benzene rings is 1. The highest BCUT2D eigenvalue weighted by molar-refractivity contribution is 6.30. The van der Waals surface area contributed by atoms with Gasteiger partial charge in [-0.1, -0.05) is 51.4 Å². The molecule has 1 aromatic rings. The van der Waals surface area contributed by atoms with E-state index in [1.54, 1.807) is 0 Å². The van der Waals surface area contributed by atoms with Crippen molar-refractivity contribution in [2.45, 2.75) is 53.1 Å². The van der Waals surface area contributed by atoms with Gasteiger partial charge < -0.3 is 5.32 Å². The lowest BCUT2D eigenvalue weighted by atomic mass is 9.84. The fraction of sp³-hybridized carbons (Fsp3) is 0.667. The second-order valence-electron chi connectivity index (χ2n) is 6.97. The van der Waals surface area contributed by atoms with Gasteiger partial charge in [-0.2, -0.15) is 0 Å². The maximum absolute atomic E-state index is 5.96. The Labute approximate surface area is 135 Å². The minimum atomic E-state index is 0.292. The van der Waals surface area contributed by atoms with Crippen LogP contribution in [0.15, 0.2) is 24.3 Å². The van der Waals surface area contributed by atoms with Crippen molar-refractivity contribution in [2.75, 3.05) is 20.1 Å². The molecule has 0 aliphatic heterocycles. The van der Waals surface area contributed by atoms with Crippen LogP contribution in [-0.4, -0.2) is 31.1 Å². The van der Waals surface area contributed by atoms with Gasteiger partial charge in [0.15, 0.2) is 0 Å². The molecular weight excluding hydrogens is 280 g/mol. The summed E-state index contributed by atoms with van der Waals surface area (Å²) in [7, 11) is 2.20. The van der Waals surface area contributed by atoms with Crippen molar-refractivity contribution in [1.82, 2.24) is 10.2 Å². The highest BCUT2D eigenvalue weighted by Gasteiger charge is 2.24. The quantitative estimate of drug-likeness (QED) is 0.782. The van der Waals surface area contributed by atoms with Gasteiger partial charge in [0.25, 0.3) is 0 Å². The average Bonchev–Trinajstić information content (AvgIpc) is 2.42. The van der Waals surface area contributed by atoms with Crippen LogP contribution in [0.3, 0.4) is 0 Å². The molecule has 2 atom stereocenters. The first kappa shape index (κ1) is 18.5. The van der Waals surface area contributed by atoms with Crippen LogP contribution in [0.2, 0.25) is 5.02 Å². The first-order chi connectivity index (χ1) is 9.75. The van der Waals surface area contributed by atoms with Crippen LogP contribution in [0.25, 0.3) is 0 Å². The maximum Gasteiger partial charge on any atom is 0.0406 e. The van der Waals surface area contributed by atoms with Gasteiger partial charge in [0, 0.05) is 17.1 Å². The average molecular weight is 311 g/mol. The lowest BCUT2D eigenvalue weighted by Crippen LogP contribution is -2.42. The van der Waals surface area contributed by atoms with Crippen molar-refractivity contribution in [3.05, 3.63) is 34.9 Å². The first-order valence-corrected chi connectivity index (χ1v) is 8.32. The second kappa shape index (κ2) is 8.17. The monoisotopic (exact) mass is 310 g/mol. The summed E-state index contributed by atoms with van der Waals surface area (Å²) in [6.07, 6.45) is 1.16. The highest BCUT2D eigenvalue weighted by Crippen LogP contribution is 2.25. The molecule has 0 spiro atoms. The van der Waals surface area contributed by atoms with Gasteiger partial charge in [-0.25, -0.2) is 0 Å². The standard InChI is InChI=1S/C18H31ClN2/c1-7-20-17(18(3,4)5)12-13-21(6)14(2)15-8-10-16(19)11-9-15/h8-11,14,17,20H,7,12-13H2,1-6H3. The lowest BCUT2D eigenvalue weighted by molar-refractivity contribution is 0.199. The predicted octanol–water partition coefficient (Wildman–Crippen LogP) is 4.75. The van der Waals surface area contributed by atoms with E-state index >= 15 is 0 Å². The molecule has 0 aromatic heterocycles. The summed E-state index contributed by atoms with van der Waals surface area (Å²) in [5, 5.41) is 4.42. The topological polar surface area (TPSA) is 15.3 Å². The molecule has 0 bridgehead atoms. The smallest absolute Gasteiger partial charge is 0.0406 e. The Balaban J connectivity index is 2.59. The number of hydrogen-bond donors (Lipinski definition) is 1. The summed E-state index contributed by atoms with van der Waals surface area (Å²) in [4.78, 5) is 2.42. The molecule has 0 heterocycles. The van der Waals surface area contributed by atoms with E-state index in [1.165, 1.54) is 5.56 Å². The van der Waals surface area contributed by atoms with Gasteiger partial charge in [0.2, 0.25) is 0 Å². The molecule has 0 aliphatic carbocycles. The molecule has 2 nitrogen and oxygen atoms in total. The van der Waals surface area contributed by atoms with Gasteiger partial charge in [0.1, 0.15) is 0 Å². The van der Waals surface area contributed by atoms with E-state index in [4.69, 9.17) is 11.6 Å². The molecule has 0 radical (unpaired) electrons. The van der Waals surface area contributed by atoms with Crippen LogP contribution in [0, 0.1) is 5.41 Å². The second-order valence-corrected chi connectivity index (χ2v) is 7.41. The Kier molecular flexibility index (Phi) is 7.19. The van der Waals surface area contributed by atoms with Gasteiger partial charge in [-0.05, 0) is 56.6 Å². The summed E-state index contributed by atoms with van der Waals surface area (Å²) in [5.74, 6) is 0. The van der Waals surface area contributed by atoms with Crippen LogP contribution in [-0.2, 0) is 0 Å². The number of nitrogens with zero attached hydrogens (tertiary/aromatic N) is 1. The fourth-order valence-electron chi connectivity index (χ4n) is 2.61. The summed E-state index contributed by atoms with van der Waals surface area (Å²) in [6.45, 7) is 13.5. The largest absolute Gasteiger partial charge is 0.314 e. The molecule has 120 valence electrons. The fourth-order valence-corrected chi connectivity index (χ4v) is 2.74. The molecule has 0 fully saturated rings. The van der Waals surface area contributed by atoms with Gasteiger partial charge in [0.05, 0.1) is 0 Å². The van der Waals surface area contributed by atoms with Crippen molar-refractivity contribution in [1.29, 1.82) is 0 Å². The lowest BCUT2D eigenvalue weighted by Gasteiger charge is -2.34. The molecular formula is C18H31ClN2. The normalized spacial score (nSPS) is 15.2. The van der Waals surface area contributed by atoms with Crippen LogP contribution in [0.4, 0.5) is 0 Å². The van der Waals surface area contributed by atoms with Gasteiger partial charge >= 0.3 is 0 Å². The zero-order valence-electron chi connectivity index (χ0n) is 14.4. The van der Waals surface area contributed by atoms with Gasteiger partial charge in [-0.3, -0.25) is 4.90 Å². The van der Waals surface area contributed by atoms with E-state index < -0.39 is 0 Å². The molecule has 1 rings (SSSR count). The maximum atomic E-state index is 5.96. The number of hydrogen-bond acceptors (Lipinski definition) is 2. The van der Waals surface area contributed by atoms with Crippen LogP contribution in [0.1, 0.15) is 52.6 Å². The Hall–Kier alpha value is -0.570. The van der Waals surface area contributed by atoms with Crippen molar-refractivity contribution in [3.8, 4) is 0 Å². The number of nitrogens with one attached hydrogen (secondary N) is 1. The molecule has 2 unspecified atom stereocenters. The zero-order valence-corrected chi connectivity index (χ0v) is 15.2. The summed E-state index contributed by atoms with van der Waals surface area (Å²) in [5.41, 5.74) is 1.61. The SMILES string of the molecule is CCNC(CCN(C)C(C)c1ccc(Cl)cc1)C(C)(C)C. The Bertz CT molecular complexity index is 408. The summed E-state index contributed by atoms with van der Waals surface area (Å²) in [6, 6.07) is 9.13. The first-order valence-electron chi connectivity index (χ1n) is 7.94. The van der Waals surface area contributed by atoms with Crippen molar-refractivity contribution >= 4 is 11.6 Å². The minimum Gasteiger partial charge on any atom is -0.314 e. The van der Waals surface area contributed by atoms with E-state index in [2.05, 4.69) is 64.0 Å². The van der Waals surface area contributed by atoms with Crippen molar-refractivity contribution < 1.29 is 0 Å². The third-order valence-electron chi connectivity index (χ3n) is 4.28. The van der Waals surface area contributed by atoms with Crippen molar-refractivity contribution in [3.63, 3.8) is 0 Å². The third kappa shape index (κ3) is 5.98. The predicted molar refractivity (Wildman–Crippen MR) is 94.0 cm³/mol. The highest BCUT2D eigenvalue weighted by atomic mass is 35.5. The molecule has 0 saturated carbocycles. The molecule has 21 heavy (non-hydrogen) atoms. The third-order valence-corrected chi connectivity index (χ3v) is 4.53. The number of rotatable bonds is 7. The Morgan fingerprint density at radius 3 is 2.24 bits per heavy atom. The van der Waals surface area contributed by atoms with E-state index in [0.717, 1.165) is 24.5 Å². The Morgan fingerprint density at radius 2 is 1.76 bits per heavy atom. The molecule has 1 aromatic carbocycles. The van der Waals surface area contributed by atoms with Crippen LogP contribution in [0.5, 0.6) is 0 Å². The molecule has 0 saturated heterocycles. The Morgan fingerprint density at radius 1 is 1.19 bits per heavy atom. The molecule has 0 amide bonds. The molecule has 1 N–H and O–H groups in total. The molecule has 0 aliphatic rings. The van der Waals surface area contributed by atoms with E-state index in [1.807, 2.05) is 12.1 Å². The van der Waals surface area contributed by atoms with Gasteiger partial charge in [-0.15, -0.1) is 0 Å². The van der Waals surface area contributed by atoms with E-state index in [-0.39, 0.29) is 0 Å². The van der Waals surface area contributed by atoms with E-state index in [9.17, 15) is 0 Å². The van der Waals surface area contributed by atoms with Crippen LogP contribution < -0.4 is 5.32 Å². The van der Waals surface area contributed by atoms with Crippen LogP contribution >= 0.6 is 11.6 Å². The summed E-state index contributed by atoms with van der Waals surface area (Å²) < 4.78 is 0. The van der Waals surface area contributed by atoms with Crippen molar-refractivity contribution in [2.24, 2.45) is 5.41 Å². The molecule has 3 heteroatoms. The zero-order chi connectivity index (χ0) is 16.0. The summed E-state index contributed by atoms with van der Waals surface area (Å²) >= 11 is 5.96. The van der Waals surface area contributed by atoms with E-state index in [0.29, 0.717) is 17.5 Å².